The maximum Gasteiger partial charge on any atom is 0.573 e. The van der Waals surface area contributed by atoms with Gasteiger partial charge in [0.15, 0.2) is 0 Å². The van der Waals surface area contributed by atoms with E-state index in [1.165, 1.54) is 24.3 Å². The van der Waals surface area contributed by atoms with Crippen LogP contribution in [0.4, 0.5) is 13.2 Å². The third kappa shape index (κ3) is 3.54. The molecule has 0 aliphatic rings. The molecular formula is C13H9F3O3. The van der Waals surface area contributed by atoms with Gasteiger partial charge in [-0.15, -0.1) is 13.2 Å². The van der Waals surface area contributed by atoms with Crippen molar-refractivity contribution in [2.45, 2.75) is 6.36 Å². The van der Waals surface area contributed by atoms with Crippen LogP contribution < -0.4 is 4.74 Å². The van der Waals surface area contributed by atoms with Gasteiger partial charge in [0.2, 0.25) is 0 Å². The second-order valence-corrected chi connectivity index (χ2v) is 3.81. The quantitative estimate of drug-likeness (QED) is 0.875. The Bertz CT molecular complexity index is 556. The monoisotopic (exact) mass is 270 g/mol. The van der Waals surface area contributed by atoms with E-state index in [2.05, 4.69) is 4.74 Å². The Morgan fingerprint density at radius 2 is 1.32 bits per heavy atom. The molecule has 6 heteroatoms. The molecule has 0 spiro atoms. The first kappa shape index (κ1) is 13.1. The van der Waals surface area contributed by atoms with Gasteiger partial charge in [0.25, 0.3) is 0 Å². The maximum atomic E-state index is 12.0. The zero-order valence-corrected chi connectivity index (χ0v) is 9.48. The van der Waals surface area contributed by atoms with Crippen molar-refractivity contribution >= 4 is 0 Å². The average molecular weight is 270 g/mol. The van der Waals surface area contributed by atoms with Crippen LogP contribution in [0.2, 0.25) is 0 Å². The highest BCUT2D eigenvalue weighted by Gasteiger charge is 2.30. The van der Waals surface area contributed by atoms with Crippen LogP contribution in [0.5, 0.6) is 17.2 Å². The Hall–Kier alpha value is -2.37. The number of hydrogen-bond acceptors (Lipinski definition) is 3. The third-order valence-electron chi connectivity index (χ3n) is 2.32. The lowest BCUT2D eigenvalue weighted by molar-refractivity contribution is -0.274. The summed E-state index contributed by atoms with van der Waals surface area (Å²) in [6, 6.07) is 9.04. The topological polar surface area (TPSA) is 49.7 Å². The van der Waals surface area contributed by atoms with E-state index in [0.717, 1.165) is 18.2 Å². The molecule has 100 valence electrons. The summed E-state index contributed by atoms with van der Waals surface area (Å²) in [6.07, 6.45) is -4.73. The van der Waals surface area contributed by atoms with Gasteiger partial charge >= 0.3 is 6.36 Å². The molecule has 2 aromatic rings. The van der Waals surface area contributed by atoms with Crippen molar-refractivity contribution in [3.63, 3.8) is 0 Å². The lowest BCUT2D eigenvalue weighted by Gasteiger charge is -2.09. The van der Waals surface area contributed by atoms with E-state index in [4.69, 9.17) is 0 Å². The van der Waals surface area contributed by atoms with Crippen LogP contribution in [0.1, 0.15) is 0 Å². The van der Waals surface area contributed by atoms with Crippen molar-refractivity contribution < 1.29 is 28.1 Å². The van der Waals surface area contributed by atoms with Crippen molar-refractivity contribution in [3.05, 3.63) is 42.5 Å². The Balaban J connectivity index is 2.27. The lowest BCUT2D eigenvalue weighted by Crippen LogP contribution is -2.16. The molecule has 3 nitrogen and oxygen atoms in total. The van der Waals surface area contributed by atoms with Gasteiger partial charge in [-0.1, -0.05) is 12.1 Å². The first-order valence-electron chi connectivity index (χ1n) is 5.23. The molecule has 0 heterocycles. The SMILES string of the molecule is Oc1cc(O)cc(-c2ccc(OC(F)(F)F)cc2)c1. The average Bonchev–Trinajstić information content (AvgIpc) is 2.26. The van der Waals surface area contributed by atoms with Crippen LogP contribution in [0.15, 0.2) is 42.5 Å². The second-order valence-electron chi connectivity index (χ2n) is 3.81. The van der Waals surface area contributed by atoms with Crippen LogP contribution in [-0.4, -0.2) is 16.6 Å². The van der Waals surface area contributed by atoms with E-state index < -0.39 is 6.36 Å². The summed E-state index contributed by atoms with van der Waals surface area (Å²) in [7, 11) is 0. The van der Waals surface area contributed by atoms with Crippen LogP contribution in [-0.2, 0) is 0 Å². The van der Waals surface area contributed by atoms with E-state index in [9.17, 15) is 23.4 Å². The highest BCUT2D eigenvalue weighted by atomic mass is 19.4. The first-order valence-corrected chi connectivity index (χ1v) is 5.23. The molecule has 0 aliphatic heterocycles. The number of alkyl halides is 3. The molecule has 0 saturated heterocycles. The molecule has 0 fully saturated rings. The summed E-state index contributed by atoms with van der Waals surface area (Å²) < 4.78 is 39.7. The molecule has 0 unspecified atom stereocenters. The van der Waals surface area contributed by atoms with Gasteiger partial charge in [-0.25, -0.2) is 0 Å². The molecule has 0 atom stereocenters. The van der Waals surface area contributed by atoms with Crippen molar-refractivity contribution in [1.29, 1.82) is 0 Å². The molecule has 2 aromatic carbocycles. The van der Waals surface area contributed by atoms with E-state index in [1.807, 2.05) is 0 Å². The molecule has 0 radical (unpaired) electrons. The fraction of sp³-hybridized carbons (Fsp3) is 0.0769. The summed E-state index contributed by atoms with van der Waals surface area (Å²) in [5, 5.41) is 18.7. The minimum absolute atomic E-state index is 0.134. The summed E-state index contributed by atoms with van der Waals surface area (Å²) in [6.45, 7) is 0. The number of phenols is 2. The fourth-order valence-corrected chi connectivity index (χ4v) is 1.61. The predicted octanol–water partition coefficient (Wildman–Crippen LogP) is 3.66. The molecule has 2 rings (SSSR count). The van der Waals surface area contributed by atoms with Crippen molar-refractivity contribution in [1.82, 2.24) is 0 Å². The fourth-order valence-electron chi connectivity index (χ4n) is 1.61. The van der Waals surface area contributed by atoms with Crippen LogP contribution >= 0.6 is 0 Å². The van der Waals surface area contributed by atoms with Crippen LogP contribution in [0, 0.1) is 0 Å². The summed E-state index contributed by atoms with van der Waals surface area (Å²) >= 11 is 0. The van der Waals surface area contributed by atoms with Gasteiger partial charge in [0, 0.05) is 6.07 Å². The molecular weight excluding hydrogens is 261 g/mol. The number of phenolic OH excluding ortho intramolecular Hbond substituents is 2. The summed E-state index contributed by atoms with van der Waals surface area (Å²) in [4.78, 5) is 0. The maximum absolute atomic E-state index is 12.0. The number of halogens is 3. The summed E-state index contributed by atoms with van der Waals surface area (Å²) in [5.41, 5.74) is 1.02. The highest BCUT2D eigenvalue weighted by molar-refractivity contribution is 5.67. The van der Waals surface area contributed by atoms with Gasteiger partial charge in [0.1, 0.15) is 17.2 Å². The summed E-state index contributed by atoms with van der Waals surface area (Å²) in [5.74, 6) is -0.600. The lowest BCUT2D eigenvalue weighted by atomic mass is 10.1. The molecule has 0 aromatic heterocycles. The van der Waals surface area contributed by atoms with Crippen LogP contribution in [0.25, 0.3) is 11.1 Å². The Morgan fingerprint density at radius 1 is 0.789 bits per heavy atom. The predicted molar refractivity (Wildman–Crippen MR) is 61.9 cm³/mol. The zero-order chi connectivity index (χ0) is 14.0. The molecule has 0 amide bonds. The Labute approximate surface area is 106 Å². The smallest absolute Gasteiger partial charge is 0.508 e. The van der Waals surface area contributed by atoms with E-state index in [1.54, 1.807) is 0 Å². The van der Waals surface area contributed by atoms with Gasteiger partial charge in [-0.05, 0) is 35.4 Å². The Morgan fingerprint density at radius 3 is 1.79 bits per heavy atom. The Kier molecular flexibility index (Phi) is 3.25. The van der Waals surface area contributed by atoms with E-state index >= 15 is 0 Å². The standard InChI is InChI=1S/C13H9F3O3/c14-13(15,16)19-12-3-1-8(2-4-12)9-5-10(17)7-11(18)6-9/h1-7,17-18H. The van der Waals surface area contributed by atoms with Crippen molar-refractivity contribution in [2.24, 2.45) is 0 Å². The number of benzene rings is 2. The van der Waals surface area contributed by atoms with Crippen LogP contribution in [0.3, 0.4) is 0 Å². The van der Waals surface area contributed by atoms with Gasteiger partial charge in [0.05, 0.1) is 0 Å². The number of hydrogen-bond donors (Lipinski definition) is 2. The van der Waals surface area contributed by atoms with Crippen molar-refractivity contribution in [2.75, 3.05) is 0 Å². The van der Waals surface area contributed by atoms with E-state index in [0.29, 0.717) is 11.1 Å². The first-order chi connectivity index (χ1) is 8.83. The molecule has 0 aliphatic carbocycles. The molecule has 19 heavy (non-hydrogen) atoms. The number of ether oxygens (including phenoxy) is 1. The normalized spacial score (nSPS) is 11.3. The zero-order valence-electron chi connectivity index (χ0n) is 9.48. The minimum Gasteiger partial charge on any atom is -0.508 e. The number of rotatable bonds is 2. The van der Waals surface area contributed by atoms with Gasteiger partial charge in [-0.2, -0.15) is 0 Å². The van der Waals surface area contributed by atoms with E-state index in [-0.39, 0.29) is 17.2 Å². The van der Waals surface area contributed by atoms with Gasteiger partial charge < -0.3 is 14.9 Å². The largest absolute Gasteiger partial charge is 0.573 e. The molecule has 0 bridgehead atoms. The minimum atomic E-state index is -4.73. The highest BCUT2D eigenvalue weighted by Crippen LogP contribution is 2.30. The number of aromatic hydroxyl groups is 2. The van der Waals surface area contributed by atoms with Gasteiger partial charge in [-0.3, -0.25) is 0 Å². The molecule has 0 saturated carbocycles. The second kappa shape index (κ2) is 4.72. The third-order valence-corrected chi connectivity index (χ3v) is 2.32. The van der Waals surface area contributed by atoms with Crippen molar-refractivity contribution in [3.8, 4) is 28.4 Å². The molecule has 2 N–H and O–H groups in total.